The number of hydrogen-bond donors (Lipinski definition) is 1. The van der Waals surface area contributed by atoms with Crippen LogP contribution >= 0.6 is 10.7 Å². The summed E-state index contributed by atoms with van der Waals surface area (Å²) in [6.07, 6.45) is 0. The van der Waals surface area contributed by atoms with Crippen LogP contribution in [0.25, 0.3) is 0 Å². The van der Waals surface area contributed by atoms with Gasteiger partial charge < -0.3 is 14.6 Å². The van der Waals surface area contributed by atoms with Crippen molar-refractivity contribution < 1.29 is 22.5 Å². The Morgan fingerprint density at radius 2 is 2.10 bits per heavy atom. The van der Waals surface area contributed by atoms with Crippen LogP contribution in [0.1, 0.15) is 16.2 Å². The van der Waals surface area contributed by atoms with Gasteiger partial charge in [-0.2, -0.15) is 0 Å². The summed E-state index contributed by atoms with van der Waals surface area (Å²) in [5, 5.41) is 6.14. The summed E-state index contributed by atoms with van der Waals surface area (Å²) in [5.41, 5.74) is 0.899. The molecule has 0 radical (unpaired) electrons. The van der Waals surface area contributed by atoms with Crippen LogP contribution in [-0.4, -0.2) is 26.6 Å². The minimum Gasteiger partial charge on any atom is -0.495 e. The van der Waals surface area contributed by atoms with Gasteiger partial charge in [0.1, 0.15) is 10.6 Å². The van der Waals surface area contributed by atoms with Gasteiger partial charge >= 0.3 is 0 Å². The quantitative estimate of drug-likeness (QED) is 0.863. The number of ether oxygens (including phenoxy) is 1. The normalized spacial score (nSPS) is 11.2. The molecule has 112 valence electrons. The van der Waals surface area contributed by atoms with E-state index in [0.717, 1.165) is 0 Å². The van der Waals surface area contributed by atoms with E-state index in [4.69, 9.17) is 19.9 Å². The average molecular weight is 331 g/mol. The van der Waals surface area contributed by atoms with Crippen molar-refractivity contribution in [2.45, 2.75) is 11.8 Å². The molecule has 1 aromatic heterocycles. The van der Waals surface area contributed by atoms with Gasteiger partial charge in [-0.1, -0.05) is 5.16 Å². The number of nitrogens with one attached hydrogen (secondary N) is 1. The molecule has 1 N–H and O–H groups in total. The lowest BCUT2D eigenvalue weighted by atomic mass is 10.3. The monoisotopic (exact) mass is 330 g/mol. The standard InChI is InChI=1S/C12H11ClN2O5S/c1-7-5-10(20-15-7)12(16)14-8-3-4-11(21(13,17)18)9(6-8)19-2/h3-6H,1-2H3,(H,14,16). The maximum Gasteiger partial charge on any atom is 0.294 e. The molecule has 0 atom stereocenters. The number of methoxy groups -OCH3 is 1. The fraction of sp³-hybridized carbons (Fsp3) is 0.167. The summed E-state index contributed by atoms with van der Waals surface area (Å²) in [4.78, 5) is 11.7. The highest BCUT2D eigenvalue weighted by atomic mass is 35.7. The third-order valence-corrected chi connectivity index (χ3v) is 3.90. The summed E-state index contributed by atoms with van der Waals surface area (Å²) in [5.74, 6) is -0.448. The first kappa shape index (κ1) is 15.3. The Hall–Kier alpha value is -2.06. The third-order valence-electron chi connectivity index (χ3n) is 2.54. The van der Waals surface area contributed by atoms with E-state index in [2.05, 4.69) is 10.5 Å². The zero-order valence-corrected chi connectivity index (χ0v) is 12.7. The molecule has 0 aliphatic rings. The molecule has 1 amide bonds. The van der Waals surface area contributed by atoms with E-state index in [-0.39, 0.29) is 16.4 Å². The molecule has 1 aromatic carbocycles. The molecule has 1 heterocycles. The topological polar surface area (TPSA) is 98.5 Å². The fourth-order valence-electron chi connectivity index (χ4n) is 1.61. The van der Waals surface area contributed by atoms with Gasteiger partial charge in [0.05, 0.1) is 12.8 Å². The number of halogens is 1. The first-order chi connectivity index (χ1) is 9.81. The largest absolute Gasteiger partial charge is 0.495 e. The third kappa shape index (κ3) is 3.53. The van der Waals surface area contributed by atoms with Gasteiger partial charge in [-0.3, -0.25) is 4.79 Å². The molecule has 9 heteroatoms. The molecule has 21 heavy (non-hydrogen) atoms. The smallest absolute Gasteiger partial charge is 0.294 e. The number of carbonyl (C=O) groups is 1. The van der Waals surface area contributed by atoms with Crippen LogP contribution in [0.5, 0.6) is 5.75 Å². The first-order valence-corrected chi connectivity index (χ1v) is 7.99. The number of hydrogen-bond acceptors (Lipinski definition) is 6. The number of aryl methyl sites for hydroxylation is 1. The van der Waals surface area contributed by atoms with E-state index in [0.29, 0.717) is 11.4 Å². The molecule has 2 rings (SSSR count). The van der Waals surface area contributed by atoms with E-state index < -0.39 is 15.0 Å². The van der Waals surface area contributed by atoms with Crippen molar-refractivity contribution >= 4 is 31.3 Å². The lowest BCUT2D eigenvalue weighted by molar-refractivity contribution is 0.0988. The van der Waals surface area contributed by atoms with Crippen LogP contribution in [0.2, 0.25) is 0 Å². The number of benzene rings is 1. The molecule has 7 nitrogen and oxygen atoms in total. The van der Waals surface area contributed by atoms with Gasteiger partial charge in [0, 0.05) is 28.5 Å². The van der Waals surface area contributed by atoms with E-state index in [1.807, 2.05) is 0 Å². The fourth-order valence-corrected chi connectivity index (χ4v) is 2.61. The van der Waals surface area contributed by atoms with Crippen LogP contribution in [0.3, 0.4) is 0 Å². The van der Waals surface area contributed by atoms with E-state index in [1.54, 1.807) is 6.92 Å². The molecule has 0 aliphatic carbocycles. The van der Waals surface area contributed by atoms with Crippen molar-refractivity contribution in [3.63, 3.8) is 0 Å². The lowest BCUT2D eigenvalue weighted by Gasteiger charge is -2.08. The number of carbonyl (C=O) groups excluding carboxylic acids is 1. The number of anilines is 1. The highest BCUT2D eigenvalue weighted by Gasteiger charge is 2.18. The number of rotatable bonds is 4. The van der Waals surface area contributed by atoms with Crippen LogP contribution < -0.4 is 10.1 Å². The molecule has 0 fully saturated rings. The SMILES string of the molecule is COc1cc(NC(=O)c2cc(C)no2)ccc1S(=O)(=O)Cl. The second-order valence-corrected chi connectivity index (χ2v) is 6.62. The predicted octanol–water partition coefficient (Wildman–Crippen LogP) is 2.17. The van der Waals surface area contributed by atoms with Crippen LogP contribution in [0, 0.1) is 6.92 Å². The van der Waals surface area contributed by atoms with Gasteiger partial charge in [-0.05, 0) is 19.1 Å². The summed E-state index contributed by atoms with van der Waals surface area (Å²) in [6.45, 7) is 1.68. The Bertz CT molecular complexity index is 785. The van der Waals surface area contributed by atoms with Crippen LogP contribution in [0.15, 0.2) is 33.7 Å². The van der Waals surface area contributed by atoms with Crippen molar-refractivity contribution in [1.82, 2.24) is 5.16 Å². The molecule has 0 aliphatic heterocycles. The summed E-state index contributed by atoms with van der Waals surface area (Å²) >= 11 is 0. The molecular formula is C12H11ClN2O5S. The molecule has 0 saturated heterocycles. The Balaban J connectivity index is 2.28. The van der Waals surface area contributed by atoms with Crippen molar-refractivity contribution in [2.24, 2.45) is 0 Å². The average Bonchev–Trinajstić information content (AvgIpc) is 2.84. The van der Waals surface area contributed by atoms with Gasteiger partial charge in [0.25, 0.3) is 15.0 Å². The maximum absolute atomic E-state index is 11.9. The van der Waals surface area contributed by atoms with Crippen molar-refractivity contribution in [3.8, 4) is 5.75 Å². The van der Waals surface area contributed by atoms with Gasteiger partial charge in [0.2, 0.25) is 5.76 Å². The zero-order chi connectivity index (χ0) is 15.6. The van der Waals surface area contributed by atoms with Crippen molar-refractivity contribution in [1.29, 1.82) is 0 Å². The molecule has 0 spiro atoms. The van der Waals surface area contributed by atoms with Gasteiger partial charge in [0.15, 0.2) is 0 Å². The second kappa shape index (κ2) is 5.74. The first-order valence-electron chi connectivity index (χ1n) is 5.68. The molecular weight excluding hydrogens is 320 g/mol. The van der Waals surface area contributed by atoms with Crippen LogP contribution in [0.4, 0.5) is 5.69 Å². The number of nitrogens with zero attached hydrogens (tertiary/aromatic N) is 1. The summed E-state index contributed by atoms with van der Waals surface area (Å²) < 4.78 is 32.5. The van der Waals surface area contributed by atoms with E-state index in [9.17, 15) is 13.2 Å². The summed E-state index contributed by atoms with van der Waals surface area (Å²) in [7, 11) is 2.65. The minimum atomic E-state index is -3.93. The molecule has 0 saturated carbocycles. The Morgan fingerprint density at radius 1 is 1.38 bits per heavy atom. The van der Waals surface area contributed by atoms with Gasteiger partial charge in [-0.15, -0.1) is 0 Å². The molecule has 2 aromatic rings. The second-order valence-electron chi connectivity index (χ2n) is 4.09. The van der Waals surface area contributed by atoms with Crippen molar-refractivity contribution in [3.05, 3.63) is 35.7 Å². The van der Waals surface area contributed by atoms with E-state index in [1.165, 1.54) is 31.4 Å². The summed E-state index contributed by atoms with van der Waals surface area (Å²) in [6, 6.07) is 5.45. The highest BCUT2D eigenvalue weighted by molar-refractivity contribution is 8.13. The number of aromatic nitrogens is 1. The Labute approximate surface area is 125 Å². The lowest BCUT2D eigenvalue weighted by Crippen LogP contribution is -2.11. The van der Waals surface area contributed by atoms with E-state index >= 15 is 0 Å². The van der Waals surface area contributed by atoms with Crippen molar-refractivity contribution in [2.75, 3.05) is 12.4 Å². The van der Waals surface area contributed by atoms with Gasteiger partial charge in [-0.25, -0.2) is 8.42 Å². The predicted molar refractivity (Wildman–Crippen MR) is 75.2 cm³/mol. The Kier molecular flexibility index (Phi) is 4.19. The zero-order valence-electron chi connectivity index (χ0n) is 11.1. The van der Waals surface area contributed by atoms with Crippen LogP contribution in [-0.2, 0) is 9.05 Å². The molecule has 0 unspecified atom stereocenters. The minimum absolute atomic E-state index is 0.0246. The number of amides is 1. The maximum atomic E-state index is 11.9. The highest BCUT2D eigenvalue weighted by Crippen LogP contribution is 2.29. The Morgan fingerprint density at radius 3 is 2.62 bits per heavy atom. The molecule has 0 bridgehead atoms.